The van der Waals surface area contributed by atoms with Crippen LogP contribution in [0, 0.1) is 6.08 Å². The van der Waals surface area contributed by atoms with Crippen molar-refractivity contribution in [1.82, 2.24) is 15.3 Å². The normalized spacial score (nSPS) is 11.3. The third-order valence-electron chi connectivity index (χ3n) is 5.71. The summed E-state index contributed by atoms with van der Waals surface area (Å²) in [6, 6.07) is 30.3. The zero-order valence-electron chi connectivity index (χ0n) is 18.0. The fourth-order valence-corrected chi connectivity index (χ4v) is 4.39. The van der Waals surface area contributed by atoms with Gasteiger partial charge in [-0.05, 0) is 29.5 Å². The molecule has 162 valence electrons. The number of aryl methyl sites for hydroxylation is 1. The van der Waals surface area contributed by atoms with Crippen molar-refractivity contribution in [3.63, 3.8) is 0 Å². The highest BCUT2D eigenvalue weighted by atomic mass is 19.1. The minimum atomic E-state index is -0.773. The topological polar surface area (TPSA) is 57.8 Å². The summed E-state index contributed by atoms with van der Waals surface area (Å²) in [7, 11) is 0. The van der Waals surface area contributed by atoms with Gasteiger partial charge in [-0.3, -0.25) is 4.79 Å². The van der Waals surface area contributed by atoms with Crippen LogP contribution < -0.4 is 5.32 Å². The molecule has 0 saturated carbocycles. The van der Waals surface area contributed by atoms with Gasteiger partial charge in [-0.2, -0.15) is 4.39 Å². The van der Waals surface area contributed by atoms with E-state index in [1.807, 2.05) is 54.6 Å². The number of nitrogens with one attached hydrogen (secondary N) is 2. The summed E-state index contributed by atoms with van der Waals surface area (Å²) in [5.74, 6) is -0.0781. The second kappa shape index (κ2) is 9.60. The molecule has 0 aliphatic rings. The first-order chi connectivity index (χ1) is 15.6. The van der Waals surface area contributed by atoms with Gasteiger partial charge in [0.05, 0.1) is 16.8 Å². The van der Waals surface area contributed by atoms with Crippen molar-refractivity contribution in [1.29, 1.82) is 0 Å². The Labute approximate surface area is 187 Å². The zero-order chi connectivity index (χ0) is 22.4. The van der Waals surface area contributed by atoms with Crippen molar-refractivity contribution in [2.45, 2.75) is 25.2 Å². The lowest BCUT2D eigenvalue weighted by atomic mass is 9.66. The Morgan fingerprint density at radius 3 is 1.78 bits per heavy atom. The van der Waals surface area contributed by atoms with Crippen molar-refractivity contribution in [3.8, 4) is 0 Å². The fourth-order valence-electron chi connectivity index (χ4n) is 4.39. The first kappa shape index (κ1) is 21.5. The number of benzene rings is 3. The second-order valence-electron chi connectivity index (χ2n) is 7.78. The summed E-state index contributed by atoms with van der Waals surface area (Å²) in [6.07, 6.45) is 0.581. The highest BCUT2D eigenvalue weighted by Gasteiger charge is 2.41. The summed E-state index contributed by atoms with van der Waals surface area (Å²) in [4.78, 5) is 18.4. The Morgan fingerprint density at radius 2 is 1.34 bits per heavy atom. The highest BCUT2D eigenvalue weighted by Crippen LogP contribution is 2.45. The third kappa shape index (κ3) is 4.19. The summed E-state index contributed by atoms with van der Waals surface area (Å²) in [5.41, 5.74) is 3.65. The second-order valence-corrected chi connectivity index (χ2v) is 7.78. The van der Waals surface area contributed by atoms with E-state index in [-0.39, 0.29) is 5.91 Å². The van der Waals surface area contributed by atoms with Gasteiger partial charge in [0.25, 0.3) is 6.08 Å². The molecule has 0 radical (unpaired) electrons. The average Bonchev–Trinajstić information content (AvgIpc) is 3.20. The van der Waals surface area contributed by atoms with E-state index in [0.717, 1.165) is 16.7 Å². The summed E-state index contributed by atoms with van der Waals surface area (Å²) >= 11 is 0. The van der Waals surface area contributed by atoms with Crippen LogP contribution in [0.15, 0.2) is 91.0 Å². The Balaban J connectivity index is 1.94. The molecule has 4 rings (SSSR count). The quantitative estimate of drug-likeness (QED) is 0.307. The van der Waals surface area contributed by atoms with E-state index in [9.17, 15) is 9.18 Å². The van der Waals surface area contributed by atoms with Crippen LogP contribution in [-0.4, -0.2) is 22.4 Å². The van der Waals surface area contributed by atoms with Gasteiger partial charge < -0.3 is 10.3 Å². The number of hydrogen-bond acceptors (Lipinski definition) is 2. The molecular weight excluding hydrogens is 401 g/mol. The molecule has 0 fully saturated rings. The molecule has 5 heteroatoms. The van der Waals surface area contributed by atoms with Crippen LogP contribution in [0.25, 0.3) is 0 Å². The number of hydrogen-bond donors (Lipinski definition) is 2. The molecule has 1 amide bonds. The van der Waals surface area contributed by atoms with Crippen molar-refractivity contribution in [2.75, 3.05) is 6.54 Å². The maximum atomic E-state index is 14.7. The van der Waals surface area contributed by atoms with Crippen molar-refractivity contribution < 1.29 is 9.18 Å². The Hall–Kier alpha value is -3.73. The number of aromatic nitrogens is 2. The molecule has 0 unspecified atom stereocenters. The number of amides is 1. The maximum absolute atomic E-state index is 14.7. The van der Waals surface area contributed by atoms with Crippen molar-refractivity contribution in [2.24, 2.45) is 0 Å². The number of nitrogens with zero attached hydrogens (tertiary/aromatic N) is 1. The van der Waals surface area contributed by atoms with E-state index >= 15 is 0 Å². The van der Waals surface area contributed by atoms with E-state index < -0.39 is 11.5 Å². The third-order valence-corrected chi connectivity index (χ3v) is 5.71. The Kier molecular flexibility index (Phi) is 6.45. The molecule has 0 atom stereocenters. The first-order valence-corrected chi connectivity index (χ1v) is 10.8. The van der Waals surface area contributed by atoms with Crippen LogP contribution >= 0.6 is 0 Å². The molecule has 1 heterocycles. The lowest BCUT2D eigenvalue weighted by molar-refractivity contribution is -0.118. The van der Waals surface area contributed by atoms with Gasteiger partial charge in [-0.15, -0.1) is 0 Å². The summed E-state index contributed by atoms with van der Waals surface area (Å²) in [5, 5.41) is 2.81. The van der Waals surface area contributed by atoms with E-state index in [0.29, 0.717) is 30.8 Å². The van der Waals surface area contributed by atoms with Gasteiger partial charge >= 0.3 is 0 Å². The number of rotatable bonds is 8. The molecule has 4 aromatic rings. The molecule has 32 heavy (non-hydrogen) atoms. The zero-order valence-corrected chi connectivity index (χ0v) is 18.0. The Bertz CT molecular complexity index is 1060. The number of aromatic amines is 1. The predicted molar refractivity (Wildman–Crippen MR) is 124 cm³/mol. The largest absolute Gasteiger partial charge is 0.356 e. The number of carbonyl (C=O) groups excluding carboxylic acids is 1. The van der Waals surface area contributed by atoms with Gasteiger partial charge in [-0.25, -0.2) is 4.98 Å². The van der Waals surface area contributed by atoms with E-state index in [1.54, 1.807) is 0 Å². The molecular formula is C27H26FN3O. The number of imidazole rings is 1. The lowest BCUT2D eigenvalue weighted by Crippen LogP contribution is -2.32. The average molecular weight is 428 g/mol. The molecule has 0 saturated heterocycles. The van der Waals surface area contributed by atoms with E-state index in [1.165, 1.54) is 6.92 Å². The van der Waals surface area contributed by atoms with Gasteiger partial charge in [0.15, 0.2) is 0 Å². The standard InChI is InChI=1S/C27H26FN3O/c1-20(32)29-19-11-18-24-25(31-26(28)30-24)27(21-12-5-2-6-13-21,22-14-7-3-8-15-22)23-16-9-4-10-17-23/h2-10,12-17H,11,18-19H2,1H3,(H,29,32)(H,30,31). The summed E-state index contributed by atoms with van der Waals surface area (Å²) in [6.45, 7) is 2.00. The van der Waals surface area contributed by atoms with Gasteiger partial charge in [0.2, 0.25) is 5.91 Å². The highest BCUT2D eigenvalue weighted by molar-refractivity contribution is 5.72. The Morgan fingerprint density at radius 1 is 0.875 bits per heavy atom. The summed E-state index contributed by atoms with van der Waals surface area (Å²) < 4.78 is 14.7. The fraction of sp³-hybridized carbons (Fsp3) is 0.185. The minimum absolute atomic E-state index is 0.0781. The molecule has 2 N–H and O–H groups in total. The molecule has 1 aromatic heterocycles. The van der Waals surface area contributed by atoms with Crippen LogP contribution in [0.1, 0.15) is 41.4 Å². The number of carbonyl (C=O) groups is 1. The minimum Gasteiger partial charge on any atom is -0.356 e. The maximum Gasteiger partial charge on any atom is 0.287 e. The van der Waals surface area contributed by atoms with Gasteiger partial charge in [0, 0.05) is 13.5 Å². The molecule has 0 aliphatic carbocycles. The first-order valence-electron chi connectivity index (χ1n) is 10.8. The van der Waals surface area contributed by atoms with Crippen molar-refractivity contribution in [3.05, 3.63) is 125 Å². The molecule has 3 aromatic carbocycles. The molecule has 4 nitrogen and oxygen atoms in total. The monoisotopic (exact) mass is 427 g/mol. The van der Waals surface area contributed by atoms with Crippen LogP contribution in [0.4, 0.5) is 4.39 Å². The van der Waals surface area contributed by atoms with Crippen molar-refractivity contribution >= 4 is 5.91 Å². The van der Waals surface area contributed by atoms with Gasteiger partial charge in [0.1, 0.15) is 0 Å². The van der Waals surface area contributed by atoms with E-state index in [4.69, 9.17) is 0 Å². The molecule has 0 spiro atoms. The SMILES string of the molecule is CC(=O)NCCCc1nc(F)[nH]c1C(c1ccccc1)(c1ccccc1)c1ccccc1. The van der Waals surface area contributed by atoms with Gasteiger partial charge in [-0.1, -0.05) is 91.0 Å². The lowest BCUT2D eigenvalue weighted by Gasteiger charge is -2.36. The smallest absolute Gasteiger partial charge is 0.287 e. The van der Waals surface area contributed by atoms with Crippen LogP contribution in [0.3, 0.4) is 0 Å². The molecule has 0 aliphatic heterocycles. The van der Waals surface area contributed by atoms with Crippen LogP contribution in [0.5, 0.6) is 0 Å². The van der Waals surface area contributed by atoms with Crippen LogP contribution in [-0.2, 0) is 16.6 Å². The molecule has 0 bridgehead atoms. The number of halogens is 1. The van der Waals surface area contributed by atoms with Crippen LogP contribution in [0.2, 0.25) is 0 Å². The predicted octanol–water partition coefficient (Wildman–Crippen LogP) is 5.00. The van der Waals surface area contributed by atoms with E-state index in [2.05, 4.69) is 51.7 Å². The number of H-pyrrole nitrogens is 1.